The average Bonchev–Trinajstić information content (AvgIpc) is 2.28. The van der Waals surface area contributed by atoms with Crippen LogP contribution in [0.4, 0.5) is 0 Å². The summed E-state index contributed by atoms with van der Waals surface area (Å²) in [5.74, 6) is 2.65. The molecule has 0 spiro atoms. The number of rotatable bonds is 1. The highest BCUT2D eigenvalue weighted by molar-refractivity contribution is 5.72. The molecule has 3 aliphatic rings. The van der Waals surface area contributed by atoms with Gasteiger partial charge in [-0.15, -0.1) is 0 Å². The molecule has 5 atom stereocenters. The van der Waals surface area contributed by atoms with Gasteiger partial charge in [0.1, 0.15) is 0 Å². The Balaban J connectivity index is 1.87. The van der Waals surface area contributed by atoms with Gasteiger partial charge in [0.2, 0.25) is 0 Å². The van der Waals surface area contributed by atoms with Gasteiger partial charge in [0, 0.05) is 0 Å². The molecule has 1 unspecified atom stereocenters. The predicted molar refractivity (Wildman–Crippen MR) is 34.3 cm³/mol. The van der Waals surface area contributed by atoms with Gasteiger partial charge in [-0.05, 0) is 36.5 Å². The highest BCUT2D eigenvalue weighted by Crippen LogP contribution is 2.74. The van der Waals surface area contributed by atoms with Gasteiger partial charge < -0.3 is 5.11 Å². The minimum atomic E-state index is -0.542. The summed E-state index contributed by atoms with van der Waals surface area (Å²) in [6.07, 6.45) is 2.33. The molecule has 0 amide bonds. The van der Waals surface area contributed by atoms with Gasteiger partial charge in [0.05, 0.1) is 5.92 Å². The summed E-state index contributed by atoms with van der Waals surface area (Å²) in [7, 11) is 0. The molecule has 0 aliphatic heterocycles. The van der Waals surface area contributed by atoms with Crippen molar-refractivity contribution in [3.63, 3.8) is 0 Å². The van der Waals surface area contributed by atoms with Crippen molar-refractivity contribution < 1.29 is 9.90 Å². The van der Waals surface area contributed by atoms with Crippen molar-refractivity contribution in [1.29, 1.82) is 0 Å². The number of carboxylic acid groups (broad SMARTS) is 1. The van der Waals surface area contributed by atoms with Crippen LogP contribution in [-0.2, 0) is 4.79 Å². The fourth-order valence-electron chi connectivity index (χ4n) is 3.29. The average molecular weight is 138 g/mol. The first-order chi connectivity index (χ1) is 4.79. The Morgan fingerprint density at radius 1 is 1.30 bits per heavy atom. The largest absolute Gasteiger partial charge is 0.481 e. The van der Waals surface area contributed by atoms with Crippen molar-refractivity contribution in [3.05, 3.63) is 0 Å². The van der Waals surface area contributed by atoms with Crippen molar-refractivity contribution >= 4 is 5.97 Å². The molecule has 3 saturated carbocycles. The van der Waals surface area contributed by atoms with Crippen LogP contribution in [0.1, 0.15) is 12.8 Å². The second kappa shape index (κ2) is 1.25. The maximum Gasteiger partial charge on any atom is 0.306 e. The highest BCUT2D eigenvalue weighted by Gasteiger charge is 2.71. The Hall–Kier alpha value is -0.530. The number of aliphatic carboxylic acids is 1. The second-order valence-corrected chi connectivity index (χ2v) is 3.99. The zero-order valence-electron chi connectivity index (χ0n) is 5.66. The molecule has 2 nitrogen and oxygen atoms in total. The van der Waals surface area contributed by atoms with Crippen molar-refractivity contribution in [2.75, 3.05) is 0 Å². The summed E-state index contributed by atoms with van der Waals surface area (Å²) in [5.41, 5.74) is 0. The van der Waals surface area contributed by atoms with Crippen LogP contribution in [0.3, 0.4) is 0 Å². The van der Waals surface area contributed by atoms with E-state index in [0.29, 0.717) is 5.92 Å². The van der Waals surface area contributed by atoms with Gasteiger partial charge in [-0.2, -0.15) is 0 Å². The molecule has 3 aliphatic carbocycles. The maximum absolute atomic E-state index is 10.6. The maximum atomic E-state index is 10.6. The monoisotopic (exact) mass is 138 g/mol. The molecule has 0 bridgehead atoms. The normalized spacial score (nSPS) is 61.0. The van der Waals surface area contributed by atoms with Crippen LogP contribution >= 0.6 is 0 Å². The Labute approximate surface area is 59.2 Å². The first kappa shape index (κ1) is 5.16. The van der Waals surface area contributed by atoms with E-state index in [0.717, 1.165) is 24.2 Å². The SMILES string of the molecule is O=C(O)[C@H]1C[C@@H]2C[C@@H]3C2[C@H]13. The fourth-order valence-corrected chi connectivity index (χ4v) is 3.29. The molecule has 0 aromatic rings. The van der Waals surface area contributed by atoms with E-state index in [4.69, 9.17) is 5.11 Å². The summed E-state index contributed by atoms with van der Waals surface area (Å²) in [6.45, 7) is 0. The van der Waals surface area contributed by atoms with E-state index < -0.39 is 5.97 Å². The van der Waals surface area contributed by atoms with Crippen molar-refractivity contribution in [2.24, 2.45) is 29.6 Å². The van der Waals surface area contributed by atoms with E-state index >= 15 is 0 Å². The molecule has 10 heavy (non-hydrogen) atoms. The molecule has 0 saturated heterocycles. The molecule has 3 rings (SSSR count). The van der Waals surface area contributed by atoms with Gasteiger partial charge in [0.15, 0.2) is 0 Å². The lowest BCUT2D eigenvalue weighted by Crippen LogP contribution is -2.23. The predicted octanol–water partition coefficient (Wildman–Crippen LogP) is 0.973. The lowest BCUT2D eigenvalue weighted by atomic mass is 9.79. The van der Waals surface area contributed by atoms with Crippen molar-refractivity contribution in [1.82, 2.24) is 0 Å². The van der Waals surface area contributed by atoms with Gasteiger partial charge in [0.25, 0.3) is 0 Å². The second-order valence-electron chi connectivity index (χ2n) is 3.99. The third-order valence-corrected chi connectivity index (χ3v) is 3.75. The van der Waals surface area contributed by atoms with E-state index in [9.17, 15) is 4.79 Å². The van der Waals surface area contributed by atoms with E-state index in [1.54, 1.807) is 0 Å². The standard InChI is InChI=1S/C8H10O2/c9-8(10)5-2-3-1-4-6(3)7(4)5/h3-7H,1-2H2,(H,9,10)/t3-,4+,5-,6?,7-/m0/s1. The summed E-state index contributed by atoms with van der Waals surface area (Å²) in [5, 5.41) is 8.75. The van der Waals surface area contributed by atoms with Gasteiger partial charge in [-0.1, -0.05) is 0 Å². The first-order valence-electron chi connectivity index (χ1n) is 4.02. The number of carboxylic acids is 1. The van der Waals surface area contributed by atoms with E-state index in [1.807, 2.05) is 0 Å². The molecule has 54 valence electrons. The van der Waals surface area contributed by atoms with Crippen LogP contribution in [0.25, 0.3) is 0 Å². The van der Waals surface area contributed by atoms with Crippen LogP contribution in [0.15, 0.2) is 0 Å². The Morgan fingerprint density at radius 2 is 2.10 bits per heavy atom. The topological polar surface area (TPSA) is 37.3 Å². The Morgan fingerprint density at radius 3 is 2.40 bits per heavy atom. The van der Waals surface area contributed by atoms with E-state index in [1.165, 1.54) is 6.42 Å². The third-order valence-electron chi connectivity index (χ3n) is 3.75. The number of carbonyl (C=O) groups is 1. The highest BCUT2D eigenvalue weighted by atomic mass is 16.4. The number of hydrogen-bond acceptors (Lipinski definition) is 1. The van der Waals surface area contributed by atoms with E-state index in [-0.39, 0.29) is 5.92 Å². The molecule has 3 fully saturated rings. The van der Waals surface area contributed by atoms with Gasteiger partial charge in [-0.3, -0.25) is 4.79 Å². The minimum Gasteiger partial charge on any atom is -0.481 e. The Bertz CT molecular complexity index is 211. The molecular formula is C8H10O2. The smallest absolute Gasteiger partial charge is 0.306 e. The fraction of sp³-hybridized carbons (Fsp3) is 0.875. The first-order valence-corrected chi connectivity index (χ1v) is 4.02. The summed E-state index contributed by atoms with van der Waals surface area (Å²) >= 11 is 0. The molecule has 1 N–H and O–H groups in total. The van der Waals surface area contributed by atoms with Crippen LogP contribution < -0.4 is 0 Å². The molecular weight excluding hydrogens is 128 g/mol. The lowest BCUT2D eigenvalue weighted by Gasteiger charge is -2.26. The molecule has 0 heterocycles. The molecule has 0 aromatic heterocycles. The minimum absolute atomic E-state index is 0.0498. The number of hydrogen-bond donors (Lipinski definition) is 1. The molecule has 0 radical (unpaired) electrons. The van der Waals surface area contributed by atoms with E-state index in [2.05, 4.69) is 0 Å². The molecule has 2 heteroatoms. The lowest BCUT2D eigenvalue weighted by molar-refractivity contribution is -0.143. The van der Waals surface area contributed by atoms with Crippen LogP contribution in [0.5, 0.6) is 0 Å². The van der Waals surface area contributed by atoms with Crippen molar-refractivity contribution in [3.8, 4) is 0 Å². The van der Waals surface area contributed by atoms with Crippen LogP contribution in [-0.4, -0.2) is 11.1 Å². The third kappa shape index (κ3) is 0.360. The summed E-state index contributed by atoms with van der Waals surface area (Å²) in [6, 6.07) is 0. The Kier molecular flexibility index (Phi) is 0.644. The van der Waals surface area contributed by atoms with Gasteiger partial charge >= 0.3 is 5.97 Å². The quantitative estimate of drug-likeness (QED) is 0.586. The van der Waals surface area contributed by atoms with Crippen molar-refractivity contribution in [2.45, 2.75) is 12.8 Å². The zero-order chi connectivity index (χ0) is 6.88. The molecule has 0 aromatic carbocycles. The number of fused-ring (bicyclic) bond motifs is 1. The summed E-state index contributed by atoms with van der Waals surface area (Å²) in [4.78, 5) is 10.6. The summed E-state index contributed by atoms with van der Waals surface area (Å²) < 4.78 is 0. The van der Waals surface area contributed by atoms with Crippen LogP contribution in [0, 0.1) is 29.6 Å². The zero-order valence-corrected chi connectivity index (χ0v) is 5.66. The van der Waals surface area contributed by atoms with Crippen LogP contribution in [0.2, 0.25) is 0 Å². The van der Waals surface area contributed by atoms with Gasteiger partial charge in [-0.25, -0.2) is 0 Å².